The van der Waals surface area contributed by atoms with Crippen molar-refractivity contribution >= 4 is 32.1 Å². The Kier molecular flexibility index (Phi) is 5.50. The molecule has 3 rings (SSSR count). The normalized spacial score (nSPS) is 9.60. The molecule has 1 nitrogen and oxygen atoms in total. The van der Waals surface area contributed by atoms with Crippen molar-refractivity contribution in [3.05, 3.63) is 91.0 Å². The van der Waals surface area contributed by atoms with Gasteiger partial charge in [0.05, 0.1) is 0 Å². The van der Waals surface area contributed by atoms with Crippen LogP contribution in [0.15, 0.2) is 91.0 Å². The van der Waals surface area contributed by atoms with E-state index in [-0.39, 0.29) is 5.48 Å². The number of benzene rings is 3. The first-order chi connectivity index (χ1) is 9.45. The van der Waals surface area contributed by atoms with Crippen LogP contribution in [0.5, 0.6) is 0 Å². The molecule has 0 radical (unpaired) electrons. The molecule has 0 aliphatic heterocycles. The van der Waals surface area contributed by atoms with Crippen LogP contribution < -0.4 is 9.37 Å². The minimum atomic E-state index is -2.17. The third-order valence-electron chi connectivity index (χ3n) is 3.19. The summed E-state index contributed by atoms with van der Waals surface area (Å²) in [5, 5.41) is 0. The molecule has 3 aromatic rings. The third kappa shape index (κ3) is 3.35. The van der Waals surface area contributed by atoms with Crippen LogP contribution >= 0.6 is 0 Å². The summed E-state index contributed by atoms with van der Waals surface area (Å²) in [6.45, 7) is 0. The van der Waals surface area contributed by atoms with Crippen molar-refractivity contribution in [3.8, 4) is 0 Å². The Bertz CT molecular complexity index is 529. The van der Waals surface area contributed by atoms with Crippen LogP contribution in [-0.2, 0) is 0 Å². The van der Waals surface area contributed by atoms with Crippen molar-refractivity contribution in [2.75, 3.05) is 0 Å². The van der Waals surface area contributed by atoms with Gasteiger partial charge in [-0.15, -0.1) is 0 Å². The van der Waals surface area contributed by atoms with Crippen LogP contribution in [0.1, 0.15) is 0 Å². The van der Waals surface area contributed by atoms with Crippen LogP contribution in [0.2, 0.25) is 0 Å². The second-order valence-electron chi connectivity index (χ2n) is 4.47. The van der Waals surface area contributed by atoms with Crippen molar-refractivity contribution in [1.82, 2.24) is 0 Å². The zero-order valence-corrected chi connectivity index (χ0v) is 15.0. The molecule has 3 aromatic carbocycles. The molecule has 0 aliphatic carbocycles. The van der Waals surface area contributed by atoms with Crippen molar-refractivity contribution in [1.29, 1.82) is 0 Å². The van der Waals surface area contributed by atoms with E-state index in [1.165, 1.54) is 0 Å². The fourth-order valence-corrected chi connectivity index (χ4v) is 12.3. The predicted molar refractivity (Wildman–Crippen MR) is 85.9 cm³/mol. The Balaban J connectivity index is 0.00000147. The summed E-state index contributed by atoms with van der Waals surface area (Å²) in [5.74, 6) is 0. The van der Waals surface area contributed by atoms with Gasteiger partial charge in [-0.2, -0.15) is 0 Å². The Morgan fingerprint density at radius 1 is 0.400 bits per heavy atom. The van der Waals surface area contributed by atoms with Gasteiger partial charge in [0.2, 0.25) is 0 Å². The fraction of sp³-hybridized carbons (Fsp3) is 0. The summed E-state index contributed by atoms with van der Waals surface area (Å²) in [6, 6.07) is 33.0. The van der Waals surface area contributed by atoms with Gasteiger partial charge in [0.25, 0.3) is 0 Å². The standard InChI is InChI=1S/3C6H5.H2O.Pb/c3*1-2-4-6-5-3-1;;/h3*1-5H;1H2;/q;;;;+1/p-1. The van der Waals surface area contributed by atoms with Crippen LogP contribution in [0.3, 0.4) is 0 Å². The van der Waals surface area contributed by atoms with E-state index in [0.29, 0.717) is 0 Å². The van der Waals surface area contributed by atoms with E-state index >= 15 is 0 Å². The molecule has 0 spiro atoms. The average molecular weight is 456 g/mol. The molecule has 0 atom stereocenters. The number of rotatable bonds is 3. The van der Waals surface area contributed by atoms with Crippen molar-refractivity contribution in [2.45, 2.75) is 0 Å². The van der Waals surface area contributed by atoms with Crippen molar-refractivity contribution < 1.29 is 5.48 Å². The molecule has 0 amide bonds. The summed E-state index contributed by atoms with van der Waals surface area (Å²) in [5.41, 5.74) is 0. The molecule has 0 saturated heterocycles. The van der Waals surface area contributed by atoms with Crippen LogP contribution in [-0.4, -0.2) is 28.2 Å². The van der Waals surface area contributed by atoms with E-state index in [2.05, 4.69) is 91.0 Å². The van der Waals surface area contributed by atoms with Crippen molar-refractivity contribution in [3.63, 3.8) is 0 Å². The zero-order chi connectivity index (χ0) is 12.9. The summed E-state index contributed by atoms with van der Waals surface area (Å²) >= 11 is -2.17. The van der Waals surface area contributed by atoms with Crippen molar-refractivity contribution in [2.24, 2.45) is 0 Å². The number of hydrogen-bond acceptors (Lipinski definition) is 1. The van der Waals surface area contributed by atoms with Gasteiger partial charge < -0.3 is 5.48 Å². The summed E-state index contributed by atoms with van der Waals surface area (Å²) in [4.78, 5) is 0. The Morgan fingerprint density at radius 3 is 0.900 bits per heavy atom. The van der Waals surface area contributed by atoms with E-state index in [0.717, 1.165) is 0 Å². The quantitative estimate of drug-likeness (QED) is 0.556. The maximum atomic E-state index is 2.29. The number of hydrogen-bond donors (Lipinski definition) is 0. The Labute approximate surface area is 128 Å². The molecular weight excluding hydrogens is 439 g/mol. The van der Waals surface area contributed by atoms with Gasteiger partial charge >= 0.3 is 123 Å². The zero-order valence-electron chi connectivity index (χ0n) is 11.1. The molecule has 0 aliphatic rings. The Morgan fingerprint density at radius 2 is 0.650 bits per heavy atom. The summed E-state index contributed by atoms with van der Waals surface area (Å²) < 4.78 is 4.64. The molecule has 0 unspecified atom stereocenters. The van der Waals surface area contributed by atoms with E-state index in [1.807, 2.05) is 0 Å². The summed E-state index contributed by atoms with van der Waals surface area (Å²) in [6.07, 6.45) is 0. The van der Waals surface area contributed by atoms with Gasteiger partial charge in [-0.1, -0.05) is 0 Å². The second kappa shape index (κ2) is 7.36. The summed E-state index contributed by atoms with van der Waals surface area (Å²) in [7, 11) is 0. The van der Waals surface area contributed by atoms with E-state index in [9.17, 15) is 0 Å². The molecule has 2 heteroatoms. The molecule has 0 saturated carbocycles. The minimum absolute atomic E-state index is 0. The molecule has 0 fully saturated rings. The van der Waals surface area contributed by atoms with Crippen LogP contribution in [0.25, 0.3) is 0 Å². The van der Waals surface area contributed by atoms with Gasteiger partial charge in [0.1, 0.15) is 0 Å². The maximum absolute atomic E-state index is 2.29. The Hall–Kier alpha value is -1.46. The fourth-order valence-electron chi connectivity index (χ4n) is 2.31. The molecule has 1 N–H and O–H groups in total. The van der Waals surface area contributed by atoms with Gasteiger partial charge in [-0.25, -0.2) is 0 Å². The van der Waals surface area contributed by atoms with E-state index in [4.69, 9.17) is 0 Å². The first kappa shape index (κ1) is 14.9. The average Bonchev–Trinajstić information content (AvgIpc) is 2.51. The van der Waals surface area contributed by atoms with E-state index in [1.54, 1.807) is 9.37 Å². The molecular formula is C18H16OPb. The molecule has 98 valence electrons. The van der Waals surface area contributed by atoms with Gasteiger partial charge in [-0.3, -0.25) is 0 Å². The molecule has 0 aromatic heterocycles. The van der Waals surface area contributed by atoms with Gasteiger partial charge in [0, 0.05) is 0 Å². The molecule has 0 heterocycles. The molecule has 0 bridgehead atoms. The third-order valence-corrected chi connectivity index (χ3v) is 13.8. The van der Waals surface area contributed by atoms with Gasteiger partial charge in [-0.05, 0) is 0 Å². The SMILES string of the molecule is [OH-].c1cc[c]([Pb+]([c]2ccccc2)[c]2ccccc2)cc1. The van der Waals surface area contributed by atoms with Gasteiger partial charge in [0.15, 0.2) is 0 Å². The monoisotopic (exact) mass is 456 g/mol. The molecule has 20 heavy (non-hydrogen) atoms. The topological polar surface area (TPSA) is 30.0 Å². The first-order valence-electron chi connectivity index (χ1n) is 6.48. The second-order valence-corrected chi connectivity index (χ2v) is 14.1. The van der Waals surface area contributed by atoms with Crippen LogP contribution in [0, 0.1) is 0 Å². The predicted octanol–water partition coefficient (Wildman–Crippen LogP) is 2.03. The van der Waals surface area contributed by atoms with E-state index < -0.39 is 22.7 Å². The first-order valence-corrected chi connectivity index (χ1v) is 12.3. The van der Waals surface area contributed by atoms with Crippen LogP contribution in [0.4, 0.5) is 0 Å².